The molecule has 798 valence electrons. The fraction of sp³-hybridized carbons (Fsp3) is 0.609. The average molecular weight is 1910 g/mol. The first-order valence-electron chi connectivity index (χ1n) is 56.2. The summed E-state index contributed by atoms with van der Waals surface area (Å²) in [5.41, 5.74) is 37.3. The zero-order chi connectivity index (χ0) is 104. The highest BCUT2D eigenvalue weighted by molar-refractivity contribution is 5.90. The summed E-state index contributed by atoms with van der Waals surface area (Å²) in [5.74, 6) is 7.54. The van der Waals surface area contributed by atoms with Gasteiger partial charge in [0.05, 0.1) is 5.41 Å². The Morgan fingerprint density at radius 2 is 0.464 bits per heavy atom. The molecule has 3 unspecified atom stereocenters. The third-order valence-electron chi connectivity index (χ3n) is 25.6. The second kappa shape index (κ2) is 86.6. The molecule has 0 N–H and O–H groups in total. The van der Waals surface area contributed by atoms with Gasteiger partial charge in [-0.05, 0) is 224 Å². The van der Waals surface area contributed by atoms with E-state index in [-0.39, 0.29) is 60.8 Å². The van der Waals surface area contributed by atoms with Crippen molar-refractivity contribution in [2.45, 2.75) is 528 Å². The van der Waals surface area contributed by atoms with Crippen molar-refractivity contribution >= 4 is 0 Å². The SMILES string of the molecule is C.C.C.C.C.C.CC.CC.CC.CC.CC.CC.CC.CC.CC.CC.CC.CC.CC.CC.CC.CCC.CCC.CCC.CCC.CCC.CCC.C[C@@H]1c2ccccc2C2(c3ccccc3-c3c2ccc2c3C[C@H](C)[C@@H]2C)[C@@H]1C.C[C@@H]1c2ccccc2C2(c3ccccc3-c3cc4c(cc32)[C@@H](C)[C@@H](C)C4)[C@@H]1C.C[C@@H]1c2ccccc2C2(c3ccccc3-c3ccc4c(c32)[C@@H](C)[C@@H](C)C4)[C@@H]1C. The minimum absolute atomic E-state index is 0. The van der Waals surface area contributed by atoms with Crippen LogP contribution >= 0.6 is 0 Å². The van der Waals surface area contributed by atoms with Gasteiger partial charge in [-0.3, -0.25) is 0 Å². The molecule has 0 heterocycles. The maximum absolute atomic E-state index is 2.62. The Bertz CT molecular complexity index is 4320. The Hall–Kier alpha value is -7.02. The highest BCUT2D eigenvalue weighted by atomic mass is 14.6. The van der Waals surface area contributed by atoms with Gasteiger partial charge in [0.2, 0.25) is 0 Å². The Balaban J connectivity index is -0.000000138. The van der Waals surface area contributed by atoms with Crippen LogP contribution in [-0.2, 0) is 35.5 Å². The van der Waals surface area contributed by atoms with E-state index >= 15 is 0 Å². The topological polar surface area (TPSA) is 0 Å². The highest BCUT2D eigenvalue weighted by Crippen LogP contribution is 2.69. The van der Waals surface area contributed by atoms with Crippen molar-refractivity contribution in [3.8, 4) is 33.4 Å². The fourth-order valence-electron chi connectivity index (χ4n) is 20.5. The van der Waals surface area contributed by atoms with E-state index in [0.717, 1.165) is 17.8 Å². The van der Waals surface area contributed by atoms with Gasteiger partial charge in [0, 0.05) is 10.8 Å². The molecule has 15 atom stereocenters. The summed E-state index contributed by atoms with van der Waals surface area (Å²) in [4.78, 5) is 0. The first-order valence-corrected chi connectivity index (χ1v) is 56.2. The van der Waals surface area contributed by atoms with E-state index in [0.29, 0.717) is 53.3 Å². The molecule has 0 saturated heterocycles. The van der Waals surface area contributed by atoms with Gasteiger partial charge >= 0.3 is 0 Å². The summed E-state index contributed by atoms with van der Waals surface area (Å²) in [7, 11) is 0. The van der Waals surface area contributed by atoms with Crippen molar-refractivity contribution in [2.75, 3.05) is 0 Å². The van der Waals surface area contributed by atoms with Crippen molar-refractivity contribution in [3.05, 3.63) is 282 Å². The van der Waals surface area contributed by atoms with Crippen LogP contribution in [0.5, 0.6) is 0 Å². The molecule has 138 heavy (non-hydrogen) atoms. The summed E-state index contributed by atoms with van der Waals surface area (Å²) in [6.45, 7) is 115. The van der Waals surface area contributed by atoms with Gasteiger partial charge in [0.25, 0.3) is 0 Å². The average Bonchev–Trinajstić information content (AvgIpc) is 1.52. The summed E-state index contributed by atoms with van der Waals surface area (Å²) in [6, 6.07) is 70.4. The third-order valence-corrected chi connectivity index (χ3v) is 25.6. The molecule has 3 spiro atoms. The van der Waals surface area contributed by atoms with Gasteiger partial charge in [-0.2, -0.15) is 0 Å². The first kappa shape index (κ1) is 156. The zero-order valence-corrected chi connectivity index (χ0v) is 98.1. The predicted octanol–water partition coefficient (Wildman–Crippen LogP) is 48.9. The first-order chi connectivity index (χ1) is 64.2. The molecule has 9 aromatic rings. The Morgan fingerprint density at radius 3 is 0.826 bits per heavy atom. The van der Waals surface area contributed by atoms with Crippen LogP contribution in [0.25, 0.3) is 33.4 Å². The lowest BCUT2D eigenvalue weighted by Crippen LogP contribution is -2.33. The maximum atomic E-state index is 2.62. The van der Waals surface area contributed by atoms with Crippen LogP contribution < -0.4 is 0 Å². The molecule has 0 aromatic heterocycles. The standard InChI is InChI=1S/3C28H28.6C3H8.15C2H6.6CH4/c1-16-13-20-14-24-22-10-6-8-12-26(22)28(27(24)15-23(20)17(16)2)19(4)18(3)21-9-5-7-11-25(21)28;1-16-15-23-20(17(16)2)13-14-26-27(23)22-10-6-8-12-25(22)28(26)19(4)18(3)21-9-5-7-11-24(21)28;1-16-15-20-13-14-23-22-10-6-8-12-25(22)28(27(23)26(20)17(16)2)19(4)18(3)21-9-5-7-11-24(21)28;6*1-3-2;15*1-2;;;;;;/h5-12,14-19H,13H2,1-4H3;2*5-14,16-19H,15H2,1-4H3;6*3H2,1-2H3;15*1-2H3;6*1H4/t3*16-,17-,18-,19+,28?;;;;;;;;;;;;;;;;;;;;;;;;;;;/m000.........................../s1. The van der Waals surface area contributed by atoms with Crippen LogP contribution in [-0.4, -0.2) is 0 Å². The van der Waals surface area contributed by atoms with Gasteiger partial charge < -0.3 is 0 Å². The van der Waals surface area contributed by atoms with Crippen LogP contribution in [0.15, 0.2) is 182 Å². The molecule has 9 aliphatic carbocycles. The predicted molar refractivity (Wildman–Crippen MR) is 658 cm³/mol. The quantitative estimate of drug-likeness (QED) is 0.142. The van der Waals surface area contributed by atoms with E-state index in [1.807, 2.05) is 208 Å². The molecule has 0 fully saturated rings. The lowest BCUT2D eigenvalue weighted by molar-refractivity contribution is 0.396. The van der Waals surface area contributed by atoms with Crippen LogP contribution in [0, 0.1) is 35.5 Å². The van der Waals surface area contributed by atoms with Crippen molar-refractivity contribution in [1.29, 1.82) is 0 Å². The van der Waals surface area contributed by atoms with Crippen molar-refractivity contribution in [1.82, 2.24) is 0 Å². The number of benzene rings is 9. The van der Waals surface area contributed by atoms with Gasteiger partial charge in [0.15, 0.2) is 0 Å². The molecule has 0 nitrogen and oxygen atoms in total. The van der Waals surface area contributed by atoms with E-state index < -0.39 is 0 Å². The molecule has 0 amide bonds. The minimum Gasteiger partial charge on any atom is -0.0776 e. The van der Waals surface area contributed by atoms with Gasteiger partial charge in [-0.15, -0.1) is 0 Å². The summed E-state index contributed by atoms with van der Waals surface area (Å²) in [5, 5.41) is 0. The zero-order valence-electron chi connectivity index (χ0n) is 98.1. The molecular formula is C138H246. The Morgan fingerprint density at radius 1 is 0.203 bits per heavy atom. The molecule has 0 bridgehead atoms. The van der Waals surface area contributed by atoms with Gasteiger partial charge in [-0.25, -0.2) is 0 Å². The van der Waals surface area contributed by atoms with Crippen molar-refractivity contribution in [2.24, 2.45) is 35.5 Å². The Labute approximate surface area is 873 Å². The van der Waals surface area contributed by atoms with Crippen LogP contribution in [0.3, 0.4) is 0 Å². The minimum atomic E-state index is 0. The molecule has 0 heteroatoms. The van der Waals surface area contributed by atoms with Gasteiger partial charge in [0.1, 0.15) is 0 Å². The van der Waals surface area contributed by atoms with Crippen LogP contribution in [0.4, 0.5) is 0 Å². The van der Waals surface area contributed by atoms with Crippen LogP contribution in [0.2, 0.25) is 0 Å². The number of rotatable bonds is 0. The van der Waals surface area contributed by atoms with E-state index in [1.54, 1.807) is 89.0 Å². The lowest BCUT2D eigenvalue weighted by Gasteiger charge is -2.37. The second-order valence-corrected chi connectivity index (χ2v) is 32.9. The smallest absolute Gasteiger partial charge is 0.0500 e. The number of hydrogen-bond acceptors (Lipinski definition) is 0. The molecule has 9 aliphatic rings. The maximum Gasteiger partial charge on any atom is 0.0500 e. The fourth-order valence-corrected chi connectivity index (χ4v) is 20.5. The van der Waals surface area contributed by atoms with E-state index in [1.165, 1.54) is 102 Å². The highest BCUT2D eigenvalue weighted by Gasteiger charge is 2.60. The normalized spacial score (nSPS) is 20.7. The Kier molecular flexibility index (Phi) is 98.1. The van der Waals surface area contributed by atoms with E-state index in [9.17, 15) is 0 Å². The molecule has 0 saturated carbocycles. The second-order valence-electron chi connectivity index (χ2n) is 32.9. The van der Waals surface area contributed by atoms with Crippen LogP contribution in [0.1, 0.15) is 593 Å². The van der Waals surface area contributed by atoms with E-state index in [4.69, 9.17) is 0 Å². The monoisotopic (exact) mass is 1900 g/mol. The summed E-state index contributed by atoms with van der Waals surface area (Å²) in [6.07, 6.45) is 11.2. The number of fused-ring (bicyclic) bond motifs is 26. The molecule has 0 aliphatic heterocycles. The molecule has 18 rings (SSSR count). The lowest BCUT2D eigenvalue weighted by atomic mass is 9.65. The molecular weight excluding hydrogens is 1660 g/mol. The van der Waals surface area contributed by atoms with Crippen molar-refractivity contribution in [3.63, 3.8) is 0 Å². The largest absolute Gasteiger partial charge is 0.0776 e. The molecule has 9 aromatic carbocycles. The molecule has 0 radical (unpaired) electrons. The van der Waals surface area contributed by atoms with Gasteiger partial charge in [-0.1, -0.05) is 639 Å². The van der Waals surface area contributed by atoms with E-state index in [2.05, 4.69) is 348 Å². The van der Waals surface area contributed by atoms with Crippen molar-refractivity contribution < 1.29 is 0 Å². The summed E-state index contributed by atoms with van der Waals surface area (Å²) < 4.78 is 0. The third kappa shape index (κ3) is 33.0. The summed E-state index contributed by atoms with van der Waals surface area (Å²) >= 11 is 0. The number of hydrogen-bond donors (Lipinski definition) is 0.